The van der Waals surface area contributed by atoms with Crippen molar-refractivity contribution >= 4 is 5.69 Å². The highest BCUT2D eigenvalue weighted by atomic mass is 16.1. The summed E-state index contributed by atoms with van der Waals surface area (Å²) in [5.74, 6) is 1.04. The van der Waals surface area contributed by atoms with Crippen LogP contribution in [0.15, 0.2) is 53.3 Å². The number of aromatic nitrogens is 3. The second kappa shape index (κ2) is 8.44. The quantitative estimate of drug-likeness (QED) is 0.684. The molecule has 0 bridgehead atoms. The van der Waals surface area contributed by atoms with Crippen molar-refractivity contribution in [3.63, 3.8) is 0 Å². The number of nitrogens with zero attached hydrogens (tertiary/aromatic N) is 4. The standard InChI is InChI=1S/C22H29N5O/c1-16(2)17-7-6-8-18(15-17)21-23-24-22(28)27(21)20-11-9-19(10-12-20)26(5)14-13-25(3)4/h6-12,15-16H,13-14H2,1-5H3,(H,24,28). The molecule has 0 atom stereocenters. The Morgan fingerprint density at radius 3 is 2.39 bits per heavy atom. The molecule has 28 heavy (non-hydrogen) atoms. The van der Waals surface area contributed by atoms with Crippen LogP contribution >= 0.6 is 0 Å². The maximum absolute atomic E-state index is 12.5. The molecule has 3 aromatic rings. The van der Waals surface area contributed by atoms with Gasteiger partial charge in [0, 0.05) is 31.4 Å². The number of rotatable bonds is 7. The van der Waals surface area contributed by atoms with Crippen LogP contribution in [0, 0.1) is 0 Å². The molecule has 3 rings (SSSR count). The topological polar surface area (TPSA) is 57.2 Å². The molecule has 148 valence electrons. The van der Waals surface area contributed by atoms with Gasteiger partial charge in [-0.15, -0.1) is 0 Å². The first-order valence-electron chi connectivity index (χ1n) is 9.61. The summed E-state index contributed by atoms with van der Waals surface area (Å²) < 4.78 is 1.63. The minimum absolute atomic E-state index is 0.237. The van der Waals surface area contributed by atoms with E-state index >= 15 is 0 Å². The summed E-state index contributed by atoms with van der Waals surface area (Å²) in [6.07, 6.45) is 0. The fourth-order valence-electron chi connectivity index (χ4n) is 3.10. The lowest BCUT2D eigenvalue weighted by molar-refractivity contribution is 0.416. The Kier molecular flexibility index (Phi) is 5.99. The Hall–Kier alpha value is -2.86. The Morgan fingerprint density at radius 1 is 1.04 bits per heavy atom. The lowest BCUT2D eigenvalue weighted by atomic mass is 10.0. The first-order valence-corrected chi connectivity index (χ1v) is 9.61. The number of aromatic amines is 1. The van der Waals surface area contributed by atoms with Crippen LogP contribution in [0.1, 0.15) is 25.3 Å². The number of anilines is 1. The monoisotopic (exact) mass is 379 g/mol. The zero-order valence-corrected chi connectivity index (χ0v) is 17.3. The molecule has 2 aromatic carbocycles. The number of nitrogens with one attached hydrogen (secondary N) is 1. The molecule has 6 nitrogen and oxygen atoms in total. The molecule has 1 aromatic heterocycles. The fraction of sp³-hybridized carbons (Fsp3) is 0.364. The van der Waals surface area contributed by atoms with E-state index in [0.29, 0.717) is 11.7 Å². The van der Waals surface area contributed by atoms with Gasteiger partial charge in [0.1, 0.15) is 0 Å². The van der Waals surface area contributed by atoms with Crippen molar-refractivity contribution in [3.05, 3.63) is 64.6 Å². The van der Waals surface area contributed by atoms with Gasteiger partial charge in [-0.05, 0) is 55.9 Å². The number of benzene rings is 2. The second-order valence-corrected chi connectivity index (χ2v) is 7.71. The van der Waals surface area contributed by atoms with Crippen molar-refractivity contribution in [2.24, 2.45) is 0 Å². The zero-order chi connectivity index (χ0) is 20.3. The van der Waals surface area contributed by atoms with E-state index in [1.165, 1.54) is 5.56 Å². The Morgan fingerprint density at radius 2 is 1.75 bits per heavy atom. The minimum Gasteiger partial charge on any atom is -0.373 e. The van der Waals surface area contributed by atoms with E-state index in [9.17, 15) is 4.79 Å². The van der Waals surface area contributed by atoms with Gasteiger partial charge in [0.05, 0.1) is 5.69 Å². The molecule has 0 saturated heterocycles. The Balaban J connectivity index is 1.92. The molecule has 1 heterocycles. The highest BCUT2D eigenvalue weighted by Crippen LogP contribution is 2.24. The molecule has 0 amide bonds. The summed E-state index contributed by atoms with van der Waals surface area (Å²) in [6.45, 7) is 6.23. The first kappa shape index (κ1) is 19.9. The molecule has 0 spiro atoms. The van der Waals surface area contributed by atoms with E-state index in [1.54, 1.807) is 4.57 Å². The third-order valence-electron chi connectivity index (χ3n) is 4.92. The normalized spacial score (nSPS) is 11.4. The van der Waals surface area contributed by atoms with Gasteiger partial charge in [-0.25, -0.2) is 14.5 Å². The largest absolute Gasteiger partial charge is 0.373 e. The third kappa shape index (κ3) is 4.34. The van der Waals surface area contributed by atoms with Crippen LogP contribution in [-0.2, 0) is 0 Å². The number of hydrogen-bond acceptors (Lipinski definition) is 4. The third-order valence-corrected chi connectivity index (χ3v) is 4.92. The number of hydrogen-bond donors (Lipinski definition) is 1. The van der Waals surface area contributed by atoms with E-state index < -0.39 is 0 Å². The molecule has 1 N–H and O–H groups in total. The van der Waals surface area contributed by atoms with Crippen molar-refractivity contribution in [2.45, 2.75) is 19.8 Å². The van der Waals surface area contributed by atoms with E-state index in [-0.39, 0.29) is 5.69 Å². The van der Waals surface area contributed by atoms with Gasteiger partial charge in [-0.3, -0.25) is 0 Å². The average molecular weight is 380 g/mol. The van der Waals surface area contributed by atoms with E-state index in [2.05, 4.69) is 67.1 Å². The second-order valence-electron chi connectivity index (χ2n) is 7.71. The molecule has 6 heteroatoms. The van der Waals surface area contributed by atoms with Crippen LogP contribution in [0.2, 0.25) is 0 Å². The van der Waals surface area contributed by atoms with E-state index in [1.807, 2.05) is 36.4 Å². The number of H-pyrrole nitrogens is 1. The fourth-order valence-corrected chi connectivity index (χ4v) is 3.10. The van der Waals surface area contributed by atoms with Gasteiger partial charge >= 0.3 is 5.69 Å². The van der Waals surface area contributed by atoms with Crippen LogP contribution in [0.25, 0.3) is 17.1 Å². The summed E-state index contributed by atoms with van der Waals surface area (Å²) in [6, 6.07) is 16.2. The van der Waals surface area contributed by atoms with Crippen molar-refractivity contribution in [1.82, 2.24) is 19.7 Å². The van der Waals surface area contributed by atoms with Crippen LogP contribution in [0.4, 0.5) is 5.69 Å². The SMILES string of the molecule is CC(C)c1cccc(-c2n[nH]c(=O)n2-c2ccc(N(C)CCN(C)C)cc2)c1. The summed E-state index contributed by atoms with van der Waals surface area (Å²) in [4.78, 5) is 16.8. The maximum Gasteiger partial charge on any atom is 0.348 e. The predicted octanol–water partition coefficient (Wildman–Crippen LogP) is 3.35. The molecular formula is C22H29N5O. The van der Waals surface area contributed by atoms with Crippen LogP contribution in [0.5, 0.6) is 0 Å². The van der Waals surface area contributed by atoms with Crippen molar-refractivity contribution in [3.8, 4) is 17.1 Å². The lowest BCUT2D eigenvalue weighted by Gasteiger charge is -2.21. The highest BCUT2D eigenvalue weighted by molar-refractivity contribution is 5.60. The van der Waals surface area contributed by atoms with Gasteiger partial charge in [0.15, 0.2) is 5.82 Å². The van der Waals surface area contributed by atoms with Crippen molar-refractivity contribution < 1.29 is 0 Å². The highest BCUT2D eigenvalue weighted by Gasteiger charge is 2.14. The molecule has 0 unspecified atom stereocenters. The van der Waals surface area contributed by atoms with Gasteiger partial charge in [0.2, 0.25) is 0 Å². The van der Waals surface area contributed by atoms with Gasteiger partial charge in [-0.2, -0.15) is 5.10 Å². The molecule has 0 aliphatic rings. The predicted molar refractivity (Wildman–Crippen MR) is 116 cm³/mol. The molecular weight excluding hydrogens is 350 g/mol. The van der Waals surface area contributed by atoms with Crippen LogP contribution in [-0.4, -0.2) is 53.9 Å². The Labute approximate surface area is 166 Å². The van der Waals surface area contributed by atoms with Crippen molar-refractivity contribution in [1.29, 1.82) is 0 Å². The summed E-state index contributed by atoms with van der Waals surface area (Å²) in [5, 5.41) is 6.87. The first-order chi connectivity index (χ1) is 13.4. The molecule has 0 fully saturated rings. The summed E-state index contributed by atoms with van der Waals surface area (Å²) in [7, 11) is 6.21. The van der Waals surface area contributed by atoms with Crippen LogP contribution in [0.3, 0.4) is 0 Å². The maximum atomic E-state index is 12.5. The molecule has 0 aliphatic carbocycles. The number of likely N-dealkylation sites (N-methyl/N-ethyl adjacent to an activating group) is 2. The summed E-state index contributed by atoms with van der Waals surface area (Å²) in [5.41, 5.74) is 3.83. The zero-order valence-electron chi connectivity index (χ0n) is 17.3. The molecule has 0 radical (unpaired) electrons. The van der Waals surface area contributed by atoms with Gasteiger partial charge in [-0.1, -0.05) is 32.0 Å². The van der Waals surface area contributed by atoms with Gasteiger partial charge in [0.25, 0.3) is 0 Å². The summed E-state index contributed by atoms with van der Waals surface area (Å²) >= 11 is 0. The molecule has 0 saturated carbocycles. The minimum atomic E-state index is -0.237. The lowest BCUT2D eigenvalue weighted by Crippen LogP contribution is -2.28. The van der Waals surface area contributed by atoms with E-state index in [0.717, 1.165) is 30.0 Å². The van der Waals surface area contributed by atoms with Crippen LogP contribution < -0.4 is 10.6 Å². The Bertz CT molecular complexity index is 969. The van der Waals surface area contributed by atoms with Crippen molar-refractivity contribution in [2.75, 3.05) is 39.1 Å². The van der Waals surface area contributed by atoms with Gasteiger partial charge < -0.3 is 9.80 Å². The average Bonchev–Trinajstić information content (AvgIpc) is 3.07. The smallest absolute Gasteiger partial charge is 0.348 e. The molecule has 0 aliphatic heterocycles. The van der Waals surface area contributed by atoms with E-state index in [4.69, 9.17) is 0 Å².